The van der Waals surface area contributed by atoms with Gasteiger partial charge in [0.1, 0.15) is 6.07 Å². The lowest BCUT2D eigenvalue weighted by molar-refractivity contribution is 0.0354. The first-order chi connectivity index (χ1) is 9.86. The third kappa shape index (κ3) is 2.89. The second-order valence-corrected chi connectivity index (χ2v) is 5.29. The summed E-state index contributed by atoms with van der Waals surface area (Å²) in [5.41, 5.74) is 0.373. The Labute approximate surface area is 119 Å². The molecule has 0 spiro atoms. The van der Waals surface area contributed by atoms with Gasteiger partial charge >= 0.3 is 0 Å². The standard InChI is InChI=1S/C14H19N5O/c15-10-12-3-4-14(17-16-12)19-5-1-2-13(19)11-18-6-8-20-9-7-18/h3-4,13H,1-2,5-9,11H2. The van der Waals surface area contributed by atoms with Gasteiger partial charge in [0, 0.05) is 32.2 Å². The number of hydrogen-bond donors (Lipinski definition) is 0. The predicted octanol–water partition coefficient (Wildman–Crippen LogP) is 0.649. The van der Waals surface area contributed by atoms with Crippen molar-refractivity contribution in [2.24, 2.45) is 0 Å². The van der Waals surface area contributed by atoms with E-state index < -0.39 is 0 Å². The highest BCUT2D eigenvalue weighted by Gasteiger charge is 2.28. The van der Waals surface area contributed by atoms with Crippen molar-refractivity contribution in [2.45, 2.75) is 18.9 Å². The number of hydrogen-bond acceptors (Lipinski definition) is 6. The zero-order valence-electron chi connectivity index (χ0n) is 11.5. The molecule has 0 aromatic carbocycles. The lowest BCUT2D eigenvalue weighted by Crippen LogP contribution is -2.45. The Morgan fingerprint density at radius 2 is 2.10 bits per heavy atom. The van der Waals surface area contributed by atoms with Gasteiger partial charge in [0.05, 0.1) is 13.2 Å². The van der Waals surface area contributed by atoms with Crippen LogP contribution in [0.5, 0.6) is 0 Å². The van der Waals surface area contributed by atoms with Crippen LogP contribution in [0.4, 0.5) is 5.82 Å². The van der Waals surface area contributed by atoms with Crippen molar-refractivity contribution in [3.05, 3.63) is 17.8 Å². The fourth-order valence-corrected chi connectivity index (χ4v) is 2.95. The molecule has 0 N–H and O–H groups in total. The van der Waals surface area contributed by atoms with Crippen LogP contribution < -0.4 is 4.90 Å². The van der Waals surface area contributed by atoms with Crippen LogP contribution in [0.15, 0.2) is 12.1 Å². The van der Waals surface area contributed by atoms with Crippen LogP contribution in [0.25, 0.3) is 0 Å². The normalized spacial score (nSPS) is 23.8. The molecule has 1 aromatic heterocycles. The van der Waals surface area contributed by atoms with Gasteiger partial charge in [0.25, 0.3) is 0 Å². The van der Waals surface area contributed by atoms with Gasteiger partial charge < -0.3 is 9.64 Å². The average molecular weight is 273 g/mol. The van der Waals surface area contributed by atoms with Crippen molar-refractivity contribution >= 4 is 5.82 Å². The number of anilines is 1. The average Bonchev–Trinajstić information content (AvgIpc) is 2.96. The summed E-state index contributed by atoms with van der Waals surface area (Å²) < 4.78 is 5.39. The molecule has 2 aliphatic rings. The highest BCUT2D eigenvalue weighted by molar-refractivity contribution is 5.41. The molecular weight excluding hydrogens is 254 g/mol. The minimum atomic E-state index is 0.373. The largest absolute Gasteiger partial charge is 0.379 e. The monoisotopic (exact) mass is 273 g/mol. The van der Waals surface area contributed by atoms with Crippen LogP contribution in [0.2, 0.25) is 0 Å². The Morgan fingerprint density at radius 3 is 2.80 bits per heavy atom. The van der Waals surface area contributed by atoms with Crippen LogP contribution in [0, 0.1) is 11.3 Å². The molecule has 2 aliphatic heterocycles. The highest BCUT2D eigenvalue weighted by atomic mass is 16.5. The zero-order chi connectivity index (χ0) is 13.8. The summed E-state index contributed by atoms with van der Waals surface area (Å²) in [6, 6.07) is 6.15. The van der Waals surface area contributed by atoms with Crippen molar-refractivity contribution in [1.82, 2.24) is 15.1 Å². The lowest BCUT2D eigenvalue weighted by Gasteiger charge is -2.33. The minimum Gasteiger partial charge on any atom is -0.379 e. The molecule has 3 heterocycles. The maximum absolute atomic E-state index is 8.78. The van der Waals surface area contributed by atoms with Crippen LogP contribution in [0.1, 0.15) is 18.5 Å². The van der Waals surface area contributed by atoms with Crippen molar-refractivity contribution in [3.63, 3.8) is 0 Å². The van der Waals surface area contributed by atoms with E-state index in [0.717, 1.165) is 45.2 Å². The Kier molecular flexibility index (Phi) is 4.09. The van der Waals surface area contributed by atoms with Crippen LogP contribution in [-0.4, -0.2) is 60.5 Å². The van der Waals surface area contributed by atoms with E-state index in [1.807, 2.05) is 12.1 Å². The first-order valence-corrected chi connectivity index (χ1v) is 7.17. The van der Waals surface area contributed by atoms with Gasteiger partial charge in [0.15, 0.2) is 11.5 Å². The predicted molar refractivity (Wildman–Crippen MR) is 74.4 cm³/mol. The van der Waals surface area contributed by atoms with E-state index in [4.69, 9.17) is 10.00 Å². The Morgan fingerprint density at radius 1 is 1.25 bits per heavy atom. The van der Waals surface area contributed by atoms with E-state index in [1.54, 1.807) is 6.07 Å². The van der Waals surface area contributed by atoms with Crippen molar-refractivity contribution in [2.75, 3.05) is 44.3 Å². The molecule has 0 radical (unpaired) electrons. The fraction of sp³-hybridized carbons (Fsp3) is 0.643. The van der Waals surface area contributed by atoms with Gasteiger partial charge in [0.2, 0.25) is 0 Å². The molecule has 0 saturated carbocycles. The summed E-state index contributed by atoms with van der Waals surface area (Å²) in [7, 11) is 0. The third-order valence-corrected chi connectivity index (χ3v) is 4.01. The third-order valence-electron chi connectivity index (χ3n) is 4.01. The van der Waals surface area contributed by atoms with Gasteiger partial charge in [-0.25, -0.2) is 0 Å². The SMILES string of the molecule is N#Cc1ccc(N2CCCC2CN2CCOCC2)nn1. The second-order valence-electron chi connectivity index (χ2n) is 5.29. The summed E-state index contributed by atoms with van der Waals surface area (Å²) in [5, 5.41) is 16.9. The number of ether oxygens (including phenoxy) is 1. The molecular formula is C14H19N5O. The van der Waals surface area contributed by atoms with E-state index in [2.05, 4.69) is 20.0 Å². The number of morpholine rings is 1. The molecule has 1 atom stereocenters. The van der Waals surface area contributed by atoms with Gasteiger partial charge in [-0.05, 0) is 25.0 Å². The summed E-state index contributed by atoms with van der Waals surface area (Å²) in [4.78, 5) is 4.78. The maximum atomic E-state index is 8.78. The molecule has 6 nitrogen and oxygen atoms in total. The quantitative estimate of drug-likeness (QED) is 0.805. The topological polar surface area (TPSA) is 65.3 Å². The molecule has 3 rings (SSSR count). The molecule has 6 heteroatoms. The molecule has 0 bridgehead atoms. The maximum Gasteiger partial charge on any atom is 0.163 e. The number of nitrogens with zero attached hydrogens (tertiary/aromatic N) is 5. The van der Waals surface area contributed by atoms with Gasteiger partial charge in [-0.2, -0.15) is 5.26 Å². The molecule has 2 fully saturated rings. The minimum absolute atomic E-state index is 0.373. The Bertz CT molecular complexity index is 477. The fourth-order valence-electron chi connectivity index (χ4n) is 2.95. The second kappa shape index (κ2) is 6.16. The first-order valence-electron chi connectivity index (χ1n) is 7.17. The molecule has 2 saturated heterocycles. The lowest BCUT2D eigenvalue weighted by atomic mass is 10.2. The van der Waals surface area contributed by atoms with Gasteiger partial charge in [-0.1, -0.05) is 0 Å². The molecule has 0 aliphatic carbocycles. The smallest absolute Gasteiger partial charge is 0.163 e. The van der Waals surface area contributed by atoms with E-state index in [-0.39, 0.29) is 0 Å². The summed E-state index contributed by atoms with van der Waals surface area (Å²) >= 11 is 0. The van der Waals surface area contributed by atoms with Gasteiger partial charge in [-0.3, -0.25) is 4.90 Å². The summed E-state index contributed by atoms with van der Waals surface area (Å²) in [5.74, 6) is 0.889. The van der Waals surface area contributed by atoms with Crippen molar-refractivity contribution in [1.29, 1.82) is 5.26 Å². The molecule has 1 unspecified atom stereocenters. The van der Waals surface area contributed by atoms with E-state index in [0.29, 0.717) is 11.7 Å². The van der Waals surface area contributed by atoms with Gasteiger partial charge in [-0.15, -0.1) is 10.2 Å². The number of aromatic nitrogens is 2. The molecule has 106 valence electrons. The van der Waals surface area contributed by atoms with E-state index in [1.165, 1.54) is 12.8 Å². The van der Waals surface area contributed by atoms with Crippen LogP contribution in [0.3, 0.4) is 0 Å². The Balaban J connectivity index is 1.66. The van der Waals surface area contributed by atoms with E-state index in [9.17, 15) is 0 Å². The highest BCUT2D eigenvalue weighted by Crippen LogP contribution is 2.24. The van der Waals surface area contributed by atoms with Crippen molar-refractivity contribution in [3.8, 4) is 6.07 Å². The number of rotatable bonds is 3. The molecule has 20 heavy (non-hydrogen) atoms. The zero-order valence-corrected chi connectivity index (χ0v) is 11.5. The van der Waals surface area contributed by atoms with E-state index >= 15 is 0 Å². The first kappa shape index (κ1) is 13.3. The Hall–Kier alpha value is -1.71. The summed E-state index contributed by atoms with van der Waals surface area (Å²) in [6.45, 7) is 5.79. The van der Waals surface area contributed by atoms with Crippen molar-refractivity contribution < 1.29 is 4.74 Å². The van der Waals surface area contributed by atoms with Crippen LogP contribution >= 0.6 is 0 Å². The molecule has 0 amide bonds. The molecule has 1 aromatic rings. The summed E-state index contributed by atoms with van der Waals surface area (Å²) in [6.07, 6.45) is 2.38. The van der Waals surface area contributed by atoms with Crippen LogP contribution in [-0.2, 0) is 4.74 Å². The number of nitriles is 1.